The molecule has 1 aliphatic heterocycles. The number of carbonyl (C=O) groups is 1. The highest BCUT2D eigenvalue weighted by Crippen LogP contribution is 2.08. The van der Waals surface area contributed by atoms with Crippen molar-refractivity contribution < 1.29 is 4.79 Å². The van der Waals surface area contributed by atoms with Crippen LogP contribution in [0.2, 0.25) is 0 Å². The molecule has 1 aromatic rings. The van der Waals surface area contributed by atoms with Gasteiger partial charge in [0.1, 0.15) is 0 Å². The molecule has 1 atom stereocenters. The predicted octanol–water partition coefficient (Wildman–Crippen LogP) is 0.111. The Morgan fingerprint density at radius 3 is 3.21 bits per heavy atom. The number of anilines is 1. The third-order valence-electron chi connectivity index (χ3n) is 2.43. The van der Waals surface area contributed by atoms with Gasteiger partial charge in [0.05, 0.1) is 6.04 Å². The monoisotopic (exact) mass is 194 g/mol. The molecule has 5 heteroatoms. The van der Waals surface area contributed by atoms with Gasteiger partial charge in [0.15, 0.2) is 0 Å². The number of carbonyl (C=O) groups excluding carboxylic acids is 1. The van der Waals surface area contributed by atoms with Crippen molar-refractivity contribution in [2.75, 3.05) is 11.9 Å². The van der Waals surface area contributed by atoms with Gasteiger partial charge in [-0.2, -0.15) is 0 Å². The van der Waals surface area contributed by atoms with Crippen LogP contribution in [0.5, 0.6) is 0 Å². The van der Waals surface area contributed by atoms with E-state index in [1.165, 1.54) is 0 Å². The van der Waals surface area contributed by atoms with E-state index in [-0.39, 0.29) is 11.9 Å². The van der Waals surface area contributed by atoms with Gasteiger partial charge in [-0.25, -0.2) is 4.98 Å². The zero-order chi connectivity index (χ0) is 9.97. The fourth-order valence-electron chi connectivity index (χ4n) is 1.59. The fraction of sp³-hybridized carbons (Fsp3) is 0.556. The molecular weight excluding hydrogens is 180 g/mol. The minimum atomic E-state index is -0.0494. The lowest BCUT2D eigenvalue weighted by Crippen LogP contribution is -2.36. The van der Waals surface area contributed by atoms with E-state index in [1.54, 1.807) is 17.0 Å². The maximum absolute atomic E-state index is 11.6. The molecule has 0 unspecified atom stereocenters. The highest BCUT2D eigenvalue weighted by Gasteiger charge is 2.22. The van der Waals surface area contributed by atoms with Crippen LogP contribution in [0.25, 0.3) is 0 Å². The van der Waals surface area contributed by atoms with Crippen LogP contribution in [0.3, 0.4) is 0 Å². The van der Waals surface area contributed by atoms with Gasteiger partial charge >= 0.3 is 0 Å². The molecule has 0 bridgehead atoms. The number of nitrogens with zero attached hydrogens (tertiary/aromatic N) is 2. The molecule has 1 aliphatic rings. The van der Waals surface area contributed by atoms with E-state index in [1.807, 2.05) is 7.05 Å². The number of hydrogen-bond donors (Lipinski definition) is 2. The van der Waals surface area contributed by atoms with Gasteiger partial charge in [0.25, 0.3) is 0 Å². The van der Waals surface area contributed by atoms with Crippen LogP contribution in [-0.2, 0) is 11.8 Å². The molecule has 0 aromatic carbocycles. The summed E-state index contributed by atoms with van der Waals surface area (Å²) in [7, 11) is 1.85. The van der Waals surface area contributed by atoms with Crippen molar-refractivity contribution >= 4 is 11.9 Å². The summed E-state index contributed by atoms with van der Waals surface area (Å²) in [4.78, 5) is 15.7. The standard InChI is InChI=1S/C9H14N4O/c1-13-6-5-11-9(13)12-8(14)7-3-2-4-10-7/h5-7,10H,2-4H2,1H3,(H,11,12,14)/t7-/m0/s1. The van der Waals surface area contributed by atoms with Crippen molar-refractivity contribution in [2.24, 2.45) is 7.05 Å². The van der Waals surface area contributed by atoms with E-state index < -0.39 is 0 Å². The second-order valence-corrected chi connectivity index (χ2v) is 3.50. The lowest BCUT2D eigenvalue weighted by atomic mass is 10.2. The van der Waals surface area contributed by atoms with Gasteiger partial charge in [-0.05, 0) is 19.4 Å². The van der Waals surface area contributed by atoms with Crippen molar-refractivity contribution in [2.45, 2.75) is 18.9 Å². The summed E-state index contributed by atoms with van der Waals surface area (Å²) < 4.78 is 1.78. The van der Waals surface area contributed by atoms with Crippen molar-refractivity contribution in [1.29, 1.82) is 0 Å². The quantitative estimate of drug-likeness (QED) is 0.702. The summed E-state index contributed by atoms with van der Waals surface area (Å²) in [6, 6.07) is -0.0494. The Labute approximate surface area is 82.5 Å². The SMILES string of the molecule is Cn1ccnc1NC(=O)[C@@H]1CCCN1. The van der Waals surface area contributed by atoms with E-state index in [2.05, 4.69) is 15.6 Å². The zero-order valence-corrected chi connectivity index (χ0v) is 8.16. The van der Waals surface area contributed by atoms with Crippen molar-refractivity contribution in [3.63, 3.8) is 0 Å². The smallest absolute Gasteiger partial charge is 0.243 e. The van der Waals surface area contributed by atoms with Gasteiger partial charge in [-0.15, -0.1) is 0 Å². The predicted molar refractivity (Wildman–Crippen MR) is 52.9 cm³/mol. The van der Waals surface area contributed by atoms with Crippen LogP contribution >= 0.6 is 0 Å². The molecule has 1 saturated heterocycles. The third kappa shape index (κ3) is 1.77. The summed E-state index contributed by atoms with van der Waals surface area (Å²) in [6.45, 7) is 0.929. The Morgan fingerprint density at radius 2 is 2.64 bits per heavy atom. The molecule has 0 radical (unpaired) electrons. The van der Waals surface area contributed by atoms with Gasteiger partial charge < -0.3 is 9.88 Å². The molecule has 1 fully saturated rings. The van der Waals surface area contributed by atoms with Crippen LogP contribution in [0.1, 0.15) is 12.8 Å². The molecular formula is C9H14N4O. The molecule has 2 N–H and O–H groups in total. The lowest BCUT2D eigenvalue weighted by Gasteiger charge is -2.10. The second-order valence-electron chi connectivity index (χ2n) is 3.50. The van der Waals surface area contributed by atoms with E-state index in [0.717, 1.165) is 19.4 Å². The summed E-state index contributed by atoms with van der Waals surface area (Å²) in [6.07, 6.45) is 5.45. The minimum Gasteiger partial charge on any atom is -0.320 e. The molecule has 0 spiro atoms. The molecule has 1 amide bonds. The average molecular weight is 194 g/mol. The van der Waals surface area contributed by atoms with Gasteiger partial charge in [0.2, 0.25) is 11.9 Å². The molecule has 2 heterocycles. The fourth-order valence-corrected chi connectivity index (χ4v) is 1.59. The maximum Gasteiger partial charge on any atom is 0.243 e. The van der Waals surface area contributed by atoms with Gasteiger partial charge in [-0.3, -0.25) is 10.1 Å². The van der Waals surface area contributed by atoms with Crippen LogP contribution in [0.4, 0.5) is 5.95 Å². The summed E-state index contributed by atoms with van der Waals surface area (Å²) in [5.74, 6) is 0.612. The molecule has 0 aliphatic carbocycles. The maximum atomic E-state index is 11.6. The highest BCUT2D eigenvalue weighted by atomic mass is 16.2. The van der Waals surface area contributed by atoms with Crippen LogP contribution in [-0.4, -0.2) is 28.0 Å². The molecule has 14 heavy (non-hydrogen) atoms. The Kier molecular flexibility index (Phi) is 2.49. The number of aryl methyl sites for hydroxylation is 1. The summed E-state index contributed by atoms with van der Waals surface area (Å²) >= 11 is 0. The third-order valence-corrected chi connectivity index (χ3v) is 2.43. The average Bonchev–Trinajstić information content (AvgIpc) is 2.77. The number of nitrogens with one attached hydrogen (secondary N) is 2. The van der Waals surface area contributed by atoms with E-state index in [0.29, 0.717) is 5.95 Å². The van der Waals surface area contributed by atoms with Crippen molar-refractivity contribution in [3.05, 3.63) is 12.4 Å². The first-order valence-electron chi connectivity index (χ1n) is 4.79. The highest BCUT2D eigenvalue weighted by molar-refractivity contribution is 5.93. The zero-order valence-electron chi connectivity index (χ0n) is 8.16. The Bertz CT molecular complexity index is 327. The number of amides is 1. The van der Waals surface area contributed by atoms with Crippen LogP contribution in [0, 0.1) is 0 Å². The summed E-state index contributed by atoms with van der Waals surface area (Å²) in [5, 5.41) is 5.92. The molecule has 1 aromatic heterocycles. The number of rotatable bonds is 2. The molecule has 76 valence electrons. The van der Waals surface area contributed by atoms with E-state index >= 15 is 0 Å². The Hall–Kier alpha value is -1.36. The summed E-state index contributed by atoms with van der Waals surface area (Å²) in [5.41, 5.74) is 0. The Balaban J connectivity index is 1.97. The molecule has 5 nitrogen and oxygen atoms in total. The number of hydrogen-bond acceptors (Lipinski definition) is 3. The lowest BCUT2D eigenvalue weighted by molar-refractivity contribution is -0.117. The largest absolute Gasteiger partial charge is 0.320 e. The first kappa shape index (κ1) is 9.21. The van der Waals surface area contributed by atoms with Crippen LogP contribution < -0.4 is 10.6 Å². The first-order valence-corrected chi connectivity index (χ1v) is 4.79. The van der Waals surface area contributed by atoms with Gasteiger partial charge in [0, 0.05) is 19.4 Å². The van der Waals surface area contributed by atoms with E-state index in [4.69, 9.17) is 0 Å². The van der Waals surface area contributed by atoms with Crippen LogP contribution in [0.15, 0.2) is 12.4 Å². The van der Waals surface area contributed by atoms with Crippen molar-refractivity contribution in [1.82, 2.24) is 14.9 Å². The Morgan fingerprint density at radius 1 is 1.79 bits per heavy atom. The topological polar surface area (TPSA) is 59.0 Å². The molecule has 0 saturated carbocycles. The number of imidazole rings is 1. The second kappa shape index (κ2) is 3.79. The molecule has 2 rings (SSSR count). The van der Waals surface area contributed by atoms with E-state index in [9.17, 15) is 4.79 Å². The van der Waals surface area contributed by atoms with Gasteiger partial charge in [-0.1, -0.05) is 0 Å². The minimum absolute atomic E-state index is 0.0109. The normalized spacial score (nSPS) is 21.1. The van der Waals surface area contributed by atoms with Crippen molar-refractivity contribution in [3.8, 4) is 0 Å². The first-order chi connectivity index (χ1) is 6.77. The number of aromatic nitrogens is 2.